The lowest BCUT2D eigenvalue weighted by molar-refractivity contribution is -0.809. The fourth-order valence-electron chi connectivity index (χ4n) is 5.11. The van der Waals surface area contributed by atoms with Gasteiger partial charge in [0.15, 0.2) is 6.04 Å². The predicted octanol–water partition coefficient (Wildman–Crippen LogP) is 6.57. The first-order valence-corrected chi connectivity index (χ1v) is 12.9. The molecule has 1 heterocycles. The highest BCUT2D eigenvalue weighted by Gasteiger charge is 2.48. The second kappa shape index (κ2) is 10.7. The molecule has 0 saturated heterocycles. The molecule has 182 valence electrons. The van der Waals surface area contributed by atoms with Gasteiger partial charge >= 0.3 is 5.91 Å². The Labute approximate surface area is 210 Å². The van der Waals surface area contributed by atoms with Crippen LogP contribution in [0.1, 0.15) is 47.7 Å². The molecule has 3 aromatic rings. The molecule has 6 heteroatoms. The van der Waals surface area contributed by atoms with Crippen LogP contribution in [0.15, 0.2) is 78.8 Å². The number of rotatable bonds is 8. The molecule has 2 unspecified atom stereocenters. The number of anilines is 1. The van der Waals surface area contributed by atoms with Gasteiger partial charge in [0.1, 0.15) is 11.9 Å². The van der Waals surface area contributed by atoms with Crippen molar-refractivity contribution >= 4 is 28.8 Å². The number of halogens is 1. The van der Waals surface area contributed by atoms with Crippen molar-refractivity contribution in [3.05, 3.63) is 101 Å². The summed E-state index contributed by atoms with van der Waals surface area (Å²) < 4.78 is 14.4. The Hall–Kier alpha value is -3.09. The smallest absolute Gasteiger partial charge is 0.291 e. The Morgan fingerprint density at radius 1 is 1.14 bits per heavy atom. The van der Waals surface area contributed by atoms with Crippen LogP contribution < -0.4 is 4.90 Å². The van der Waals surface area contributed by atoms with E-state index in [2.05, 4.69) is 6.58 Å². The van der Waals surface area contributed by atoms with Gasteiger partial charge < -0.3 is 0 Å². The van der Waals surface area contributed by atoms with Gasteiger partial charge in [-0.15, -0.1) is 11.3 Å². The zero-order chi connectivity index (χ0) is 25.0. The third-order valence-electron chi connectivity index (χ3n) is 7.17. The molecule has 0 aliphatic heterocycles. The van der Waals surface area contributed by atoms with E-state index in [1.165, 1.54) is 28.4 Å². The molecular formula is C29H32FN2O2S+. The highest BCUT2D eigenvalue weighted by molar-refractivity contribution is 7.10. The van der Waals surface area contributed by atoms with Crippen LogP contribution >= 0.6 is 11.3 Å². The van der Waals surface area contributed by atoms with E-state index >= 15 is 0 Å². The summed E-state index contributed by atoms with van der Waals surface area (Å²) in [6, 6.07) is 16.6. The Bertz CT molecular complexity index is 1200. The Balaban J connectivity index is 1.89. The topological polar surface area (TPSA) is 37.4 Å². The normalized spacial score (nSPS) is 16.4. The van der Waals surface area contributed by atoms with E-state index < -0.39 is 11.9 Å². The standard InChI is InChI=1S/C29H32FN2O2S/c1-4-32(3,24-14-6-7-15-24)29(34)28(26-17-8-5-11-21(26)2)31(23-13-9-12-22(30)19-23)27(33)20-25-16-10-18-35-25/h4-5,8-13,16-19,24,28H,1,6-7,14-15,20H2,2-3H3/q+1. The lowest BCUT2D eigenvalue weighted by Gasteiger charge is -2.40. The molecule has 1 aliphatic carbocycles. The van der Waals surface area contributed by atoms with E-state index in [0.717, 1.165) is 41.7 Å². The summed E-state index contributed by atoms with van der Waals surface area (Å²) in [4.78, 5) is 30.9. The maximum absolute atomic E-state index is 14.6. The van der Waals surface area contributed by atoms with E-state index in [4.69, 9.17) is 0 Å². The molecule has 0 N–H and O–H groups in total. The summed E-state index contributed by atoms with van der Waals surface area (Å²) in [5.74, 6) is -0.837. The van der Waals surface area contributed by atoms with Gasteiger partial charge in [0.2, 0.25) is 5.91 Å². The van der Waals surface area contributed by atoms with Crippen LogP contribution in [0.3, 0.4) is 0 Å². The summed E-state index contributed by atoms with van der Waals surface area (Å²) >= 11 is 1.49. The molecule has 0 spiro atoms. The zero-order valence-corrected chi connectivity index (χ0v) is 21.1. The molecule has 1 aliphatic rings. The van der Waals surface area contributed by atoms with E-state index in [0.29, 0.717) is 5.69 Å². The molecule has 0 bridgehead atoms. The summed E-state index contributed by atoms with van der Waals surface area (Å²) in [5.41, 5.74) is 2.01. The molecule has 1 aromatic heterocycles. The number of quaternary nitrogens is 1. The third-order valence-corrected chi connectivity index (χ3v) is 8.05. The Morgan fingerprint density at radius 2 is 1.89 bits per heavy atom. The number of likely N-dealkylation sites (N-methyl/N-ethyl adjacent to an activating group) is 1. The third kappa shape index (κ3) is 5.14. The average molecular weight is 492 g/mol. The summed E-state index contributed by atoms with van der Waals surface area (Å²) in [5, 5.41) is 1.92. The Kier molecular flexibility index (Phi) is 7.63. The predicted molar refractivity (Wildman–Crippen MR) is 139 cm³/mol. The van der Waals surface area contributed by atoms with E-state index in [1.54, 1.807) is 18.3 Å². The first-order chi connectivity index (χ1) is 16.8. The van der Waals surface area contributed by atoms with Crippen molar-refractivity contribution < 1.29 is 18.5 Å². The van der Waals surface area contributed by atoms with Crippen molar-refractivity contribution in [3.8, 4) is 0 Å². The van der Waals surface area contributed by atoms with Crippen LogP contribution in [0.5, 0.6) is 0 Å². The van der Waals surface area contributed by atoms with E-state index in [-0.39, 0.29) is 28.8 Å². The van der Waals surface area contributed by atoms with Gasteiger partial charge in [0, 0.05) is 23.4 Å². The molecule has 4 nitrogen and oxygen atoms in total. The number of hydrogen-bond donors (Lipinski definition) is 0. The highest BCUT2D eigenvalue weighted by Crippen LogP contribution is 2.37. The first-order valence-electron chi connectivity index (χ1n) is 12.0. The second-order valence-electron chi connectivity index (χ2n) is 9.37. The highest BCUT2D eigenvalue weighted by atomic mass is 32.1. The molecule has 2 atom stereocenters. The summed E-state index contributed by atoms with van der Waals surface area (Å²) in [6.45, 7) is 5.98. The number of carbonyl (C=O) groups is 2. The molecule has 4 rings (SSSR count). The van der Waals surface area contributed by atoms with Crippen LogP contribution in [0.4, 0.5) is 10.1 Å². The molecule has 1 saturated carbocycles. The van der Waals surface area contributed by atoms with Crippen molar-refractivity contribution in [1.82, 2.24) is 0 Å². The quantitative estimate of drug-likeness (QED) is 0.334. The molecule has 2 amide bonds. The van der Waals surface area contributed by atoms with Gasteiger partial charge in [-0.1, -0.05) is 36.4 Å². The number of nitrogens with zero attached hydrogens (tertiary/aromatic N) is 2. The van der Waals surface area contributed by atoms with Crippen LogP contribution in [0.25, 0.3) is 0 Å². The molecule has 0 radical (unpaired) electrons. The van der Waals surface area contributed by atoms with Crippen LogP contribution in [0.2, 0.25) is 0 Å². The Morgan fingerprint density at radius 3 is 2.51 bits per heavy atom. The monoisotopic (exact) mass is 491 g/mol. The SMILES string of the molecule is C=C[N+](C)(C(=O)C(c1ccccc1C)N(C(=O)Cc1cccs1)c1cccc(F)c1)C1CCCC1. The van der Waals surface area contributed by atoms with Gasteiger partial charge in [0.25, 0.3) is 0 Å². The lowest BCUT2D eigenvalue weighted by atomic mass is 9.95. The molecule has 35 heavy (non-hydrogen) atoms. The van der Waals surface area contributed by atoms with Crippen LogP contribution in [0, 0.1) is 12.7 Å². The number of thiophene rings is 1. The van der Waals surface area contributed by atoms with Crippen LogP contribution in [-0.2, 0) is 16.0 Å². The maximum Gasteiger partial charge on any atom is 0.345 e. The van der Waals surface area contributed by atoms with Gasteiger partial charge in [-0.3, -0.25) is 9.69 Å². The number of carbonyl (C=O) groups excluding carboxylic acids is 2. The van der Waals surface area contributed by atoms with E-state index in [9.17, 15) is 14.0 Å². The number of hydrogen-bond acceptors (Lipinski definition) is 3. The van der Waals surface area contributed by atoms with Gasteiger partial charge in [-0.25, -0.2) is 13.7 Å². The summed E-state index contributed by atoms with van der Waals surface area (Å²) in [7, 11) is 1.89. The van der Waals surface area contributed by atoms with Gasteiger partial charge in [-0.2, -0.15) is 0 Å². The number of aryl methyl sites for hydroxylation is 1. The second-order valence-corrected chi connectivity index (χ2v) is 10.4. The molecule has 2 aromatic carbocycles. The largest absolute Gasteiger partial charge is 0.345 e. The number of benzene rings is 2. The van der Waals surface area contributed by atoms with Gasteiger partial charge in [0.05, 0.1) is 19.7 Å². The van der Waals surface area contributed by atoms with Crippen molar-refractivity contribution in [2.24, 2.45) is 0 Å². The van der Waals surface area contributed by atoms with Crippen LogP contribution in [-0.4, -0.2) is 29.4 Å². The fraction of sp³-hybridized carbons (Fsp3) is 0.310. The first kappa shape index (κ1) is 25.0. The molecule has 1 fully saturated rings. The molecular weight excluding hydrogens is 459 g/mol. The number of amides is 2. The minimum atomic E-state index is -0.922. The van der Waals surface area contributed by atoms with Gasteiger partial charge in [-0.05, 0) is 67.1 Å². The fourth-order valence-corrected chi connectivity index (χ4v) is 5.81. The average Bonchev–Trinajstić information content (AvgIpc) is 3.57. The van der Waals surface area contributed by atoms with Crippen molar-refractivity contribution in [2.75, 3.05) is 11.9 Å². The minimum Gasteiger partial charge on any atom is -0.291 e. The van der Waals surface area contributed by atoms with Crippen molar-refractivity contribution in [1.29, 1.82) is 0 Å². The van der Waals surface area contributed by atoms with E-state index in [1.807, 2.05) is 55.7 Å². The minimum absolute atomic E-state index is 0.0249. The zero-order valence-electron chi connectivity index (χ0n) is 20.3. The van der Waals surface area contributed by atoms with Crippen molar-refractivity contribution in [2.45, 2.75) is 51.1 Å². The maximum atomic E-state index is 14.6. The summed E-state index contributed by atoms with van der Waals surface area (Å²) in [6.07, 6.45) is 5.83. The van der Waals surface area contributed by atoms with Crippen molar-refractivity contribution in [3.63, 3.8) is 0 Å². The lowest BCUT2D eigenvalue weighted by Crippen LogP contribution is -2.57.